The van der Waals surface area contributed by atoms with Crippen LogP contribution in [0.5, 0.6) is 0 Å². The topological polar surface area (TPSA) is 72.4 Å². The highest BCUT2D eigenvalue weighted by Crippen LogP contribution is 2.34. The minimum absolute atomic E-state index is 0.0205. The molecule has 0 bridgehead atoms. The standard InChI is InChI=1S/C19H19N3O2S/c20-9-14-11-22(12-15(14)13-5-2-1-3-6-13)19(23)17-10-21-18(25-17)16-7-4-8-24-16/h1-8,10,14-15H,9,11-12,20H2/t14-,15+/m1/s1. The van der Waals surface area contributed by atoms with Gasteiger partial charge in [-0.2, -0.15) is 0 Å². The molecule has 2 aromatic heterocycles. The van der Waals surface area contributed by atoms with Crippen LogP contribution in [-0.2, 0) is 0 Å². The SMILES string of the molecule is NC[C@@H]1CN(C(=O)c2cnc(-c3ccco3)s2)C[C@H]1c1ccccc1. The molecule has 0 unspecified atom stereocenters. The minimum atomic E-state index is 0.0205. The largest absolute Gasteiger partial charge is 0.462 e. The molecule has 1 fully saturated rings. The lowest BCUT2D eigenvalue weighted by atomic mass is 9.89. The lowest BCUT2D eigenvalue weighted by molar-refractivity contribution is 0.0791. The number of carbonyl (C=O) groups excluding carboxylic acids is 1. The summed E-state index contributed by atoms with van der Waals surface area (Å²) in [7, 11) is 0. The molecule has 1 saturated heterocycles. The van der Waals surface area contributed by atoms with Gasteiger partial charge >= 0.3 is 0 Å². The molecule has 5 nitrogen and oxygen atoms in total. The first-order valence-electron chi connectivity index (χ1n) is 8.30. The molecular formula is C19H19N3O2S. The van der Waals surface area contributed by atoms with E-state index < -0.39 is 0 Å². The summed E-state index contributed by atoms with van der Waals surface area (Å²) < 4.78 is 5.35. The Hall–Kier alpha value is -2.44. The van der Waals surface area contributed by atoms with Crippen LogP contribution in [0.2, 0.25) is 0 Å². The van der Waals surface area contributed by atoms with Crippen LogP contribution in [0.3, 0.4) is 0 Å². The number of nitrogens with zero attached hydrogens (tertiary/aromatic N) is 2. The Bertz CT molecular complexity index is 845. The maximum absolute atomic E-state index is 12.9. The number of rotatable bonds is 4. The second kappa shape index (κ2) is 6.82. The van der Waals surface area contributed by atoms with E-state index in [9.17, 15) is 4.79 Å². The van der Waals surface area contributed by atoms with Gasteiger partial charge in [0.2, 0.25) is 0 Å². The lowest BCUT2D eigenvalue weighted by Crippen LogP contribution is -2.29. The molecule has 128 valence electrons. The van der Waals surface area contributed by atoms with Crippen LogP contribution in [0.4, 0.5) is 0 Å². The molecule has 0 radical (unpaired) electrons. The van der Waals surface area contributed by atoms with E-state index in [4.69, 9.17) is 10.2 Å². The van der Waals surface area contributed by atoms with E-state index in [1.54, 1.807) is 12.5 Å². The number of furan rings is 1. The summed E-state index contributed by atoms with van der Waals surface area (Å²) in [6, 6.07) is 14.0. The third kappa shape index (κ3) is 3.10. The van der Waals surface area contributed by atoms with Crippen molar-refractivity contribution < 1.29 is 9.21 Å². The second-order valence-corrected chi connectivity index (χ2v) is 7.26. The van der Waals surface area contributed by atoms with Gasteiger partial charge in [-0.25, -0.2) is 4.98 Å². The third-order valence-corrected chi connectivity index (χ3v) is 5.71. The van der Waals surface area contributed by atoms with Crippen molar-refractivity contribution in [2.45, 2.75) is 5.92 Å². The number of hydrogen-bond acceptors (Lipinski definition) is 5. The third-order valence-electron chi connectivity index (χ3n) is 4.71. The van der Waals surface area contributed by atoms with E-state index in [2.05, 4.69) is 17.1 Å². The summed E-state index contributed by atoms with van der Waals surface area (Å²) in [5.41, 5.74) is 7.22. The fraction of sp³-hybridized carbons (Fsp3) is 0.263. The molecule has 1 aliphatic heterocycles. The molecular weight excluding hydrogens is 334 g/mol. The van der Waals surface area contributed by atoms with Crippen LogP contribution in [-0.4, -0.2) is 35.4 Å². The van der Waals surface area contributed by atoms with Crippen molar-refractivity contribution in [1.82, 2.24) is 9.88 Å². The van der Waals surface area contributed by atoms with Crippen molar-refractivity contribution >= 4 is 17.2 Å². The molecule has 1 aromatic carbocycles. The Morgan fingerprint density at radius 2 is 2.08 bits per heavy atom. The van der Waals surface area contributed by atoms with Crippen molar-refractivity contribution in [2.24, 2.45) is 11.7 Å². The molecule has 3 heterocycles. The highest BCUT2D eigenvalue weighted by molar-refractivity contribution is 7.16. The highest BCUT2D eigenvalue weighted by atomic mass is 32.1. The Kier molecular flexibility index (Phi) is 4.38. The molecule has 3 aromatic rings. The Labute approximate surface area is 150 Å². The maximum Gasteiger partial charge on any atom is 0.265 e. The minimum Gasteiger partial charge on any atom is -0.462 e. The second-order valence-electron chi connectivity index (χ2n) is 6.23. The van der Waals surface area contributed by atoms with Gasteiger partial charge in [-0.05, 0) is 30.2 Å². The summed E-state index contributed by atoms with van der Waals surface area (Å²) in [6.45, 7) is 1.95. The molecule has 6 heteroatoms. The van der Waals surface area contributed by atoms with Crippen molar-refractivity contribution in [3.63, 3.8) is 0 Å². The predicted octanol–water partition coefficient (Wildman–Crippen LogP) is 3.22. The summed E-state index contributed by atoms with van der Waals surface area (Å²) in [5, 5.41) is 0.725. The van der Waals surface area contributed by atoms with E-state index in [-0.39, 0.29) is 17.7 Å². The Balaban J connectivity index is 1.53. The average Bonchev–Trinajstić information content (AvgIpc) is 3.41. The molecule has 4 rings (SSSR count). The van der Waals surface area contributed by atoms with Gasteiger partial charge in [0.05, 0.1) is 12.5 Å². The number of aromatic nitrogens is 1. The molecule has 2 N–H and O–H groups in total. The van der Waals surface area contributed by atoms with E-state index in [0.29, 0.717) is 30.3 Å². The molecule has 1 amide bonds. The normalized spacial score (nSPS) is 20.1. The fourth-order valence-electron chi connectivity index (χ4n) is 3.40. The van der Waals surface area contributed by atoms with Crippen LogP contribution >= 0.6 is 11.3 Å². The number of thiazole rings is 1. The van der Waals surface area contributed by atoms with Crippen LogP contribution in [0.1, 0.15) is 21.2 Å². The van der Waals surface area contributed by atoms with Crippen LogP contribution in [0, 0.1) is 5.92 Å². The van der Waals surface area contributed by atoms with Crippen molar-refractivity contribution in [1.29, 1.82) is 0 Å². The maximum atomic E-state index is 12.9. The first kappa shape index (κ1) is 16.1. The van der Waals surface area contributed by atoms with Crippen molar-refractivity contribution in [3.05, 3.63) is 65.4 Å². The van der Waals surface area contributed by atoms with E-state index in [1.807, 2.05) is 35.2 Å². The van der Waals surface area contributed by atoms with Gasteiger partial charge < -0.3 is 15.1 Å². The zero-order valence-electron chi connectivity index (χ0n) is 13.7. The van der Waals surface area contributed by atoms with Crippen molar-refractivity contribution in [3.8, 4) is 10.8 Å². The van der Waals surface area contributed by atoms with Gasteiger partial charge in [0.15, 0.2) is 10.8 Å². The van der Waals surface area contributed by atoms with Gasteiger partial charge in [0, 0.05) is 19.0 Å². The van der Waals surface area contributed by atoms with Crippen LogP contribution < -0.4 is 5.73 Å². The van der Waals surface area contributed by atoms with Gasteiger partial charge in [-0.3, -0.25) is 4.79 Å². The number of carbonyl (C=O) groups is 1. The summed E-state index contributed by atoms with van der Waals surface area (Å²) in [6.07, 6.45) is 3.24. The Morgan fingerprint density at radius 3 is 2.80 bits per heavy atom. The van der Waals surface area contributed by atoms with E-state index in [1.165, 1.54) is 16.9 Å². The summed E-state index contributed by atoms with van der Waals surface area (Å²) in [5.74, 6) is 1.27. The summed E-state index contributed by atoms with van der Waals surface area (Å²) >= 11 is 1.36. The van der Waals surface area contributed by atoms with Gasteiger partial charge in [-0.15, -0.1) is 11.3 Å². The zero-order valence-corrected chi connectivity index (χ0v) is 14.5. The lowest BCUT2D eigenvalue weighted by Gasteiger charge is -2.16. The molecule has 25 heavy (non-hydrogen) atoms. The zero-order chi connectivity index (χ0) is 17.2. The number of amides is 1. The quantitative estimate of drug-likeness (QED) is 0.782. The molecule has 0 spiro atoms. The van der Waals surface area contributed by atoms with Gasteiger partial charge in [-0.1, -0.05) is 30.3 Å². The van der Waals surface area contributed by atoms with Crippen molar-refractivity contribution in [2.75, 3.05) is 19.6 Å². The first-order chi connectivity index (χ1) is 12.3. The number of likely N-dealkylation sites (tertiary alicyclic amines) is 1. The highest BCUT2D eigenvalue weighted by Gasteiger charge is 2.36. The van der Waals surface area contributed by atoms with Crippen LogP contribution in [0.15, 0.2) is 59.3 Å². The number of nitrogens with two attached hydrogens (primary N) is 1. The smallest absolute Gasteiger partial charge is 0.265 e. The monoisotopic (exact) mass is 353 g/mol. The van der Waals surface area contributed by atoms with Crippen LogP contribution in [0.25, 0.3) is 10.8 Å². The molecule has 0 aliphatic carbocycles. The number of hydrogen-bond donors (Lipinski definition) is 1. The summed E-state index contributed by atoms with van der Waals surface area (Å²) in [4.78, 5) is 19.7. The molecule has 0 saturated carbocycles. The number of benzene rings is 1. The predicted molar refractivity (Wildman–Crippen MR) is 97.4 cm³/mol. The molecule has 2 atom stereocenters. The fourth-order valence-corrected chi connectivity index (χ4v) is 4.25. The first-order valence-corrected chi connectivity index (χ1v) is 9.12. The van der Waals surface area contributed by atoms with Gasteiger partial charge in [0.25, 0.3) is 5.91 Å². The molecule has 1 aliphatic rings. The van der Waals surface area contributed by atoms with Gasteiger partial charge in [0.1, 0.15) is 4.88 Å². The Morgan fingerprint density at radius 1 is 1.24 bits per heavy atom. The average molecular weight is 353 g/mol. The van der Waals surface area contributed by atoms with E-state index >= 15 is 0 Å². The van der Waals surface area contributed by atoms with E-state index in [0.717, 1.165) is 5.01 Å².